The van der Waals surface area contributed by atoms with Crippen molar-refractivity contribution in [1.29, 1.82) is 0 Å². The molecule has 0 atom stereocenters. The number of pyridine rings is 1. The van der Waals surface area contributed by atoms with E-state index in [2.05, 4.69) is 9.97 Å². The molecule has 7 nitrogen and oxygen atoms in total. The minimum atomic E-state index is -4.77. The number of aromatic amines is 1. The molecule has 2 aromatic rings. The summed E-state index contributed by atoms with van der Waals surface area (Å²) in [5.41, 5.74) is -1.01. The highest BCUT2D eigenvalue weighted by molar-refractivity contribution is 8.00. The molecule has 0 fully saturated rings. The minimum absolute atomic E-state index is 0.0919. The summed E-state index contributed by atoms with van der Waals surface area (Å²) in [5, 5.41) is 9.68. The van der Waals surface area contributed by atoms with Crippen LogP contribution >= 0.6 is 23.1 Å². The van der Waals surface area contributed by atoms with Crippen molar-refractivity contribution in [3.05, 3.63) is 10.4 Å². The molecule has 0 saturated heterocycles. The molecular formula is C7H6N2O5S3. The van der Waals surface area contributed by atoms with Gasteiger partial charge in [0.15, 0.2) is 15.7 Å². The molecule has 0 aliphatic heterocycles. The lowest BCUT2D eigenvalue weighted by atomic mass is 10.4. The number of fused-ring (bicyclic) bond motifs is 1. The summed E-state index contributed by atoms with van der Waals surface area (Å²) >= 11 is 2.30. The van der Waals surface area contributed by atoms with Crippen LogP contribution in [-0.2, 0) is 10.1 Å². The molecular weight excluding hydrogens is 288 g/mol. The second-order valence-corrected chi connectivity index (χ2v) is 6.38. The van der Waals surface area contributed by atoms with Gasteiger partial charge < -0.3 is 10.1 Å². The number of aromatic nitrogens is 2. The Morgan fingerprint density at radius 1 is 1.47 bits per heavy atom. The summed E-state index contributed by atoms with van der Waals surface area (Å²) < 4.78 is 31.4. The Hall–Kier alpha value is -1.10. The van der Waals surface area contributed by atoms with Crippen molar-refractivity contribution in [3.8, 4) is 5.75 Å². The van der Waals surface area contributed by atoms with Crippen LogP contribution in [0.1, 0.15) is 0 Å². The van der Waals surface area contributed by atoms with Gasteiger partial charge in [0.2, 0.25) is 4.90 Å². The van der Waals surface area contributed by atoms with E-state index in [-0.39, 0.29) is 10.3 Å². The normalized spacial score (nSPS) is 12.1. The highest BCUT2D eigenvalue weighted by Crippen LogP contribution is 2.35. The molecule has 0 spiro atoms. The third kappa shape index (κ3) is 2.04. The molecule has 17 heavy (non-hydrogen) atoms. The van der Waals surface area contributed by atoms with Crippen molar-refractivity contribution in [2.75, 3.05) is 6.26 Å². The van der Waals surface area contributed by atoms with Gasteiger partial charge in [0, 0.05) is 0 Å². The zero-order valence-electron chi connectivity index (χ0n) is 8.29. The predicted octanol–water partition coefficient (Wildman–Crippen LogP) is 0.659. The van der Waals surface area contributed by atoms with Gasteiger partial charge in [-0.1, -0.05) is 11.8 Å². The maximum absolute atomic E-state index is 11.4. The molecule has 2 heterocycles. The van der Waals surface area contributed by atoms with Crippen LogP contribution in [0.4, 0.5) is 0 Å². The number of hydrogen-bond acceptors (Lipinski definition) is 7. The van der Waals surface area contributed by atoms with E-state index in [0.717, 1.165) is 11.3 Å². The molecule has 2 aromatic heterocycles. The van der Waals surface area contributed by atoms with Gasteiger partial charge in [-0.25, -0.2) is 4.98 Å². The van der Waals surface area contributed by atoms with Crippen LogP contribution in [0.15, 0.2) is 14.0 Å². The molecule has 0 saturated carbocycles. The van der Waals surface area contributed by atoms with E-state index >= 15 is 0 Å². The Labute approximate surface area is 103 Å². The molecule has 0 aromatic carbocycles. The fourth-order valence-electron chi connectivity index (χ4n) is 1.25. The first-order chi connectivity index (χ1) is 7.84. The number of aromatic hydroxyl groups is 1. The lowest BCUT2D eigenvalue weighted by Crippen LogP contribution is -2.17. The third-order valence-electron chi connectivity index (χ3n) is 1.91. The van der Waals surface area contributed by atoms with Gasteiger partial charge in [0.25, 0.3) is 5.56 Å². The number of rotatable bonds is 2. The van der Waals surface area contributed by atoms with Crippen LogP contribution in [0.25, 0.3) is 10.3 Å². The third-order valence-corrected chi connectivity index (χ3v) is 4.85. The second kappa shape index (κ2) is 3.98. The monoisotopic (exact) mass is 294 g/mol. The molecule has 3 N–H and O–H groups in total. The predicted molar refractivity (Wildman–Crippen MR) is 63.5 cm³/mol. The molecule has 0 radical (unpaired) electrons. The first-order valence-electron chi connectivity index (χ1n) is 4.12. The number of thiazole rings is 1. The standard InChI is InChI=1S/C7H6N2O5S3/c1-15-7-9-5-3(16-7)2(10)4(6(11)8-5)17(12,13)14/h1H3,(H2,8,10,11)(H,12,13,14). The average molecular weight is 294 g/mol. The van der Waals surface area contributed by atoms with E-state index in [1.54, 1.807) is 6.26 Å². The summed E-state index contributed by atoms with van der Waals surface area (Å²) in [6, 6.07) is 0. The maximum Gasteiger partial charge on any atom is 0.303 e. The molecule has 0 aliphatic carbocycles. The minimum Gasteiger partial charge on any atom is -0.505 e. The van der Waals surface area contributed by atoms with Crippen molar-refractivity contribution in [2.45, 2.75) is 9.24 Å². The van der Waals surface area contributed by atoms with E-state index in [0.29, 0.717) is 4.34 Å². The summed E-state index contributed by atoms with van der Waals surface area (Å²) in [4.78, 5) is 16.5. The van der Waals surface area contributed by atoms with E-state index in [4.69, 9.17) is 4.55 Å². The molecule has 0 bridgehead atoms. The molecule has 2 rings (SSSR count). The zero-order valence-corrected chi connectivity index (χ0v) is 10.7. The Balaban J connectivity index is 2.94. The Bertz CT molecular complexity index is 745. The number of nitrogens with zero attached hydrogens (tertiary/aromatic N) is 1. The molecule has 0 unspecified atom stereocenters. The summed E-state index contributed by atoms with van der Waals surface area (Å²) in [6.07, 6.45) is 1.75. The quantitative estimate of drug-likeness (QED) is 0.549. The average Bonchev–Trinajstić information content (AvgIpc) is 2.58. The van der Waals surface area contributed by atoms with Gasteiger partial charge in [-0.2, -0.15) is 8.42 Å². The van der Waals surface area contributed by atoms with Crippen LogP contribution in [0.2, 0.25) is 0 Å². The summed E-state index contributed by atoms with van der Waals surface area (Å²) in [5.74, 6) is -0.774. The number of nitrogens with one attached hydrogen (secondary N) is 1. The van der Waals surface area contributed by atoms with E-state index < -0.39 is 26.3 Å². The van der Waals surface area contributed by atoms with Crippen LogP contribution in [-0.4, -0.2) is 34.3 Å². The fourth-order valence-corrected chi connectivity index (χ4v) is 3.41. The smallest absolute Gasteiger partial charge is 0.303 e. The topological polar surface area (TPSA) is 120 Å². The summed E-state index contributed by atoms with van der Waals surface area (Å²) in [6.45, 7) is 0. The molecule has 92 valence electrons. The lowest BCUT2D eigenvalue weighted by Gasteiger charge is -1.99. The van der Waals surface area contributed by atoms with Crippen LogP contribution < -0.4 is 5.56 Å². The molecule has 0 aliphatic rings. The maximum atomic E-state index is 11.4. The van der Waals surface area contributed by atoms with Gasteiger partial charge in [-0.3, -0.25) is 9.35 Å². The first kappa shape index (κ1) is 12.4. The van der Waals surface area contributed by atoms with Crippen LogP contribution in [0.5, 0.6) is 5.75 Å². The van der Waals surface area contributed by atoms with Crippen LogP contribution in [0, 0.1) is 0 Å². The number of hydrogen-bond donors (Lipinski definition) is 3. The Morgan fingerprint density at radius 3 is 2.65 bits per heavy atom. The molecule has 0 amide bonds. The van der Waals surface area contributed by atoms with Crippen molar-refractivity contribution < 1.29 is 18.1 Å². The number of thioether (sulfide) groups is 1. The summed E-state index contributed by atoms with van der Waals surface area (Å²) in [7, 11) is -4.77. The Morgan fingerprint density at radius 2 is 2.12 bits per heavy atom. The zero-order chi connectivity index (χ0) is 12.8. The SMILES string of the molecule is CSc1nc2[nH]c(=O)c(S(=O)(=O)O)c(O)c2s1. The Kier molecular flexibility index (Phi) is 2.89. The first-order valence-corrected chi connectivity index (χ1v) is 7.60. The second-order valence-electron chi connectivity index (χ2n) is 2.97. The van der Waals surface area contributed by atoms with Crippen molar-refractivity contribution in [3.63, 3.8) is 0 Å². The van der Waals surface area contributed by atoms with Gasteiger partial charge in [0.1, 0.15) is 4.70 Å². The van der Waals surface area contributed by atoms with Crippen LogP contribution in [0.3, 0.4) is 0 Å². The van der Waals surface area contributed by atoms with Crippen molar-refractivity contribution >= 4 is 43.6 Å². The van der Waals surface area contributed by atoms with Gasteiger partial charge in [-0.05, 0) is 6.26 Å². The van der Waals surface area contributed by atoms with E-state index in [1.807, 2.05) is 0 Å². The highest BCUT2D eigenvalue weighted by atomic mass is 32.2. The van der Waals surface area contributed by atoms with Gasteiger partial charge in [0.05, 0.1) is 0 Å². The molecule has 10 heteroatoms. The van der Waals surface area contributed by atoms with E-state index in [9.17, 15) is 18.3 Å². The van der Waals surface area contributed by atoms with Crippen molar-refractivity contribution in [2.24, 2.45) is 0 Å². The van der Waals surface area contributed by atoms with Gasteiger partial charge in [-0.15, -0.1) is 11.3 Å². The lowest BCUT2D eigenvalue weighted by molar-refractivity contribution is 0.445. The highest BCUT2D eigenvalue weighted by Gasteiger charge is 2.24. The van der Waals surface area contributed by atoms with Crippen molar-refractivity contribution in [1.82, 2.24) is 9.97 Å². The number of H-pyrrole nitrogens is 1. The largest absolute Gasteiger partial charge is 0.505 e. The fraction of sp³-hybridized carbons (Fsp3) is 0.143. The van der Waals surface area contributed by atoms with Gasteiger partial charge >= 0.3 is 10.1 Å². The van der Waals surface area contributed by atoms with E-state index in [1.165, 1.54) is 11.8 Å².